The molecule has 1 unspecified atom stereocenters. The largest absolute Gasteiger partial charge is 0.480 e. The molecule has 0 aromatic heterocycles. The van der Waals surface area contributed by atoms with Crippen molar-refractivity contribution >= 4 is 5.97 Å². The number of epoxide rings is 1. The van der Waals surface area contributed by atoms with E-state index in [4.69, 9.17) is 26.0 Å². The highest BCUT2D eigenvalue weighted by Crippen LogP contribution is 2.07. The van der Waals surface area contributed by atoms with Crippen molar-refractivity contribution in [3.8, 4) is 0 Å². The lowest BCUT2D eigenvalue weighted by molar-refractivity contribution is -0.138. The van der Waals surface area contributed by atoms with Crippen molar-refractivity contribution in [1.82, 2.24) is 0 Å². The molecule has 0 aromatic carbocycles. The number of unbranched alkanes of at least 4 members (excludes halogenated alkanes) is 1. The highest BCUT2D eigenvalue weighted by atomic mass is 16.6. The van der Waals surface area contributed by atoms with Gasteiger partial charge in [0.1, 0.15) is 12.1 Å². The molecule has 0 aromatic rings. The molecule has 0 saturated carbocycles. The van der Waals surface area contributed by atoms with Gasteiger partial charge in [0.2, 0.25) is 0 Å². The van der Waals surface area contributed by atoms with E-state index in [2.05, 4.69) is 6.58 Å². The molecule has 0 bridgehead atoms. The van der Waals surface area contributed by atoms with Gasteiger partial charge < -0.3 is 26.0 Å². The van der Waals surface area contributed by atoms with Crippen LogP contribution in [0.2, 0.25) is 0 Å². The van der Waals surface area contributed by atoms with Crippen LogP contribution in [-0.2, 0) is 14.3 Å². The Bertz CT molecular complexity index is 232. The van der Waals surface area contributed by atoms with Crippen molar-refractivity contribution in [2.75, 3.05) is 26.4 Å². The minimum absolute atomic E-state index is 0.384. The number of nitrogens with two attached hydrogens (primary N) is 2. The molecule has 6 heteroatoms. The third kappa shape index (κ3) is 11.5. The van der Waals surface area contributed by atoms with Gasteiger partial charge in [0.05, 0.1) is 19.8 Å². The smallest absolute Gasteiger partial charge is 0.320 e. The van der Waals surface area contributed by atoms with Crippen molar-refractivity contribution in [2.45, 2.75) is 31.4 Å². The summed E-state index contributed by atoms with van der Waals surface area (Å²) in [7, 11) is 0. The first-order valence-electron chi connectivity index (χ1n) is 6.10. The normalized spacial score (nSPS) is 18.4. The predicted molar refractivity (Wildman–Crippen MR) is 69.3 cm³/mol. The van der Waals surface area contributed by atoms with Gasteiger partial charge in [0, 0.05) is 0 Å². The molecule has 1 heterocycles. The fraction of sp³-hybridized carbons (Fsp3) is 0.750. The zero-order valence-corrected chi connectivity index (χ0v) is 10.7. The van der Waals surface area contributed by atoms with E-state index >= 15 is 0 Å². The van der Waals surface area contributed by atoms with Crippen molar-refractivity contribution in [2.24, 2.45) is 11.5 Å². The van der Waals surface area contributed by atoms with Crippen molar-refractivity contribution < 1.29 is 19.4 Å². The number of rotatable bonds is 9. The standard InChI is InChI=1S/C6H14N2O2.C6H10O2/c7-4-2-1-3-5(8)6(9)10;1-2-3-7-4-6-5-8-6/h5H,1-4,7-8H2,(H,9,10);2,6H,1,3-5H2/t5-;/m0./s1. The van der Waals surface area contributed by atoms with E-state index in [1.807, 2.05) is 0 Å². The number of carboxylic acid groups (broad SMARTS) is 1. The van der Waals surface area contributed by atoms with Crippen LogP contribution in [0, 0.1) is 0 Å². The van der Waals surface area contributed by atoms with E-state index in [9.17, 15) is 4.79 Å². The summed E-state index contributed by atoms with van der Waals surface area (Å²) in [4.78, 5) is 10.1. The Kier molecular flexibility index (Phi) is 10.6. The molecule has 106 valence electrons. The van der Waals surface area contributed by atoms with Crippen LogP contribution in [0.1, 0.15) is 19.3 Å². The minimum Gasteiger partial charge on any atom is -0.480 e. The Morgan fingerprint density at radius 2 is 2.28 bits per heavy atom. The molecular formula is C12H24N2O4. The van der Waals surface area contributed by atoms with Gasteiger partial charge in [-0.25, -0.2) is 0 Å². The molecule has 5 N–H and O–H groups in total. The second-order valence-electron chi connectivity index (χ2n) is 4.01. The molecule has 6 nitrogen and oxygen atoms in total. The summed E-state index contributed by atoms with van der Waals surface area (Å²) in [5, 5.41) is 8.33. The Morgan fingerprint density at radius 1 is 1.61 bits per heavy atom. The van der Waals surface area contributed by atoms with E-state index in [-0.39, 0.29) is 0 Å². The van der Waals surface area contributed by atoms with Crippen LogP contribution < -0.4 is 11.5 Å². The van der Waals surface area contributed by atoms with Gasteiger partial charge in [-0.2, -0.15) is 0 Å². The molecule has 0 aliphatic carbocycles. The molecule has 0 radical (unpaired) electrons. The van der Waals surface area contributed by atoms with E-state index in [1.165, 1.54) is 0 Å². The topological polar surface area (TPSA) is 111 Å². The summed E-state index contributed by atoms with van der Waals surface area (Å²) in [5.41, 5.74) is 10.4. The van der Waals surface area contributed by atoms with Gasteiger partial charge in [-0.1, -0.05) is 12.5 Å². The van der Waals surface area contributed by atoms with Crippen molar-refractivity contribution in [1.29, 1.82) is 0 Å². The first-order valence-corrected chi connectivity index (χ1v) is 6.10. The first kappa shape index (κ1) is 17.1. The highest BCUT2D eigenvalue weighted by Gasteiger charge is 2.21. The second kappa shape index (κ2) is 11.2. The van der Waals surface area contributed by atoms with Crippen LogP contribution in [0.25, 0.3) is 0 Å². The number of carboxylic acids is 1. The summed E-state index contributed by atoms with van der Waals surface area (Å²) in [6, 6.07) is -0.716. The molecule has 2 atom stereocenters. The summed E-state index contributed by atoms with van der Waals surface area (Å²) in [6.07, 6.45) is 4.29. The van der Waals surface area contributed by atoms with Gasteiger partial charge in [0.25, 0.3) is 0 Å². The van der Waals surface area contributed by atoms with Gasteiger partial charge in [0.15, 0.2) is 0 Å². The highest BCUT2D eigenvalue weighted by molar-refractivity contribution is 5.72. The average Bonchev–Trinajstić information content (AvgIpc) is 3.14. The lowest BCUT2D eigenvalue weighted by Crippen LogP contribution is -2.29. The second-order valence-corrected chi connectivity index (χ2v) is 4.01. The predicted octanol–water partition coefficient (Wildman–Crippen LogP) is 0.115. The molecule has 1 fully saturated rings. The lowest BCUT2D eigenvalue weighted by atomic mass is 10.1. The Hall–Kier alpha value is -0.950. The van der Waals surface area contributed by atoms with Crippen LogP contribution in [0.4, 0.5) is 0 Å². The number of aliphatic carboxylic acids is 1. The molecule has 1 aliphatic rings. The molecule has 18 heavy (non-hydrogen) atoms. The maximum Gasteiger partial charge on any atom is 0.320 e. The SMILES string of the molecule is C=CCOCC1CO1.NCCCC[C@H](N)C(=O)O. The minimum atomic E-state index is -0.933. The van der Waals surface area contributed by atoms with E-state index in [1.54, 1.807) is 6.08 Å². The van der Waals surface area contributed by atoms with Crippen LogP contribution in [0.15, 0.2) is 12.7 Å². The van der Waals surface area contributed by atoms with Gasteiger partial charge in [-0.15, -0.1) is 6.58 Å². The van der Waals surface area contributed by atoms with Crippen LogP contribution in [0.3, 0.4) is 0 Å². The lowest BCUT2D eigenvalue weighted by Gasteiger charge is -2.03. The van der Waals surface area contributed by atoms with Crippen molar-refractivity contribution in [3.05, 3.63) is 12.7 Å². The molecular weight excluding hydrogens is 236 g/mol. The van der Waals surface area contributed by atoms with Gasteiger partial charge in [-0.05, 0) is 19.4 Å². The van der Waals surface area contributed by atoms with Crippen LogP contribution in [-0.4, -0.2) is 49.6 Å². The monoisotopic (exact) mass is 260 g/mol. The molecule has 1 rings (SSSR count). The van der Waals surface area contributed by atoms with Gasteiger partial charge >= 0.3 is 5.97 Å². The summed E-state index contributed by atoms with van der Waals surface area (Å²) in [5.74, 6) is -0.933. The fourth-order valence-electron chi connectivity index (χ4n) is 1.08. The average molecular weight is 260 g/mol. The molecule has 1 saturated heterocycles. The Balaban J connectivity index is 0.000000327. The van der Waals surface area contributed by atoms with E-state index in [0.29, 0.717) is 25.7 Å². The summed E-state index contributed by atoms with van der Waals surface area (Å²) < 4.78 is 9.96. The van der Waals surface area contributed by atoms with Crippen LogP contribution >= 0.6 is 0 Å². The zero-order chi connectivity index (χ0) is 13.8. The Morgan fingerprint density at radius 3 is 2.72 bits per heavy atom. The third-order valence-electron chi connectivity index (χ3n) is 2.23. The molecule has 0 spiro atoms. The number of hydrogen-bond donors (Lipinski definition) is 3. The number of ether oxygens (including phenoxy) is 2. The van der Waals surface area contributed by atoms with E-state index in [0.717, 1.165) is 26.1 Å². The number of hydrogen-bond acceptors (Lipinski definition) is 5. The fourth-order valence-corrected chi connectivity index (χ4v) is 1.08. The van der Waals surface area contributed by atoms with E-state index < -0.39 is 12.0 Å². The third-order valence-corrected chi connectivity index (χ3v) is 2.23. The number of carbonyl (C=O) groups is 1. The zero-order valence-electron chi connectivity index (χ0n) is 10.7. The summed E-state index contributed by atoms with van der Waals surface area (Å²) in [6.45, 7) is 6.35. The van der Waals surface area contributed by atoms with Crippen molar-refractivity contribution in [3.63, 3.8) is 0 Å². The van der Waals surface area contributed by atoms with Crippen LogP contribution in [0.5, 0.6) is 0 Å². The maximum absolute atomic E-state index is 10.1. The maximum atomic E-state index is 10.1. The molecule has 0 amide bonds. The Labute approximate surface area is 108 Å². The molecule has 1 aliphatic heterocycles. The van der Waals surface area contributed by atoms with Gasteiger partial charge in [-0.3, -0.25) is 4.79 Å². The summed E-state index contributed by atoms with van der Waals surface area (Å²) >= 11 is 0. The first-order chi connectivity index (χ1) is 8.61. The quantitative estimate of drug-likeness (QED) is 0.308.